The number of aryl methyl sites for hydroxylation is 3. The third-order valence-corrected chi connectivity index (χ3v) is 3.86. The Bertz CT molecular complexity index is 661. The van der Waals surface area contributed by atoms with E-state index in [2.05, 4.69) is 10.4 Å². The van der Waals surface area contributed by atoms with Gasteiger partial charge in [0.1, 0.15) is 0 Å². The minimum absolute atomic E-state index is 0.0656. The highest BCUT2D eigenvalue weighted by molar-refractivity contribution is 6.31. The van der Waals surface area contributed by atoms with Crippen molar-refractivity contribution in [2.75, 3.05) is 5.32 Å². The van der Waals surface area contributed by atoms with Crippen LogP contribution in [-0.2, 0) is 18.3 Å². The molecule has 0 aliphatic carbocycles. The molecule has 2 aromatic rings. The highest BCUT2D eigenvalue weighted by Crippen LogP contribution is 2.20. The molecule has 1 aromatic carbocycles. The fraction of sp³-hybridized carbons (Fsp3) is 0.333. The van der Waals surface area contributed by atoms with Gasteiger partial charge in [-0.3, -0.25) is 9.48 Å². The lowest BCUT2D eigenvalue weighted by Crippen LogP contribution is -2.15. The van der Waals surface area contributed by atoms with Crippen molar-refractivity contribution >= 4 is 23.2 Å². The number of carbonyl (C=O) groups excluding carboxylic acids is 1. The van der Waals surface area contributed by atoms with E-state index < -0.39 is 0 Å². The summed E-state index contributed by atoms with van der Waals surface area (Å²) in [5, 5.41) is 7.82. The first-order valence-corrected chi connectivity index (χ1v) is 6.81. The molecule has 20 heavy (non-hydrogen) atoms. The number of amides is 1. The number of hydrogen-bond donors (Lipinski definition) is 1. The van der Waals surface area contributed by atoms with Crippen molar-refractivity contribution in [2.45, 2.75) is 27.2 Å². The molecule has 5 heteroatoms. The molecule has 0 radical (unpaired) electrons. The SMILES string of the molecule is Cc1ccc(NC(=O)Cc2c(C)nn(C)c2C)cc1Cl. The van der Waals surface area contributed by atoms with Crippen molar-refractivity contribution in [3.8, 4) is 0 Å². The Morgan fingerprint density at radius 2 is 2.05 bits per heavy atom. The standard InChI is InChI=1S/C15H18ClN3O/c1-9-5-6-12(7-14(9)16)17-15(20)8-13-10(2)18-19(4)11(13)3/h5-7H,8H2,1-4H3,(H,17,20). The molecule has 4 nitrogen and oxygen atoms in total. The van der Waals surface area contributed by atoms with Crippen LogP contribution in [0.2, 0.25) is 5.02 Å². The van der Waals surface area contributed by atoms with Gasteiger partial charge in [0.15, 0.2) is 0 Å². The van der Waals surface area contributed by atoms with Crippen LogP contribution in [0.5, 0.6) is 0 Å². The number of nitrogens with one attached hydrogen (secondary N) is 1. The lowest BCUT2D eigenvalue weighted by Gasteiger charge is -2.07. The lowest BCUT2D eigenvalue weighted by atomic mass is 10.1. The average molecular weight is 292 g/mol. The van der Waals surface area contributed by atoms with E-state index in [1.54, 1.807) is 10.7 Å². The van der Waals surface area contributed by atoms with Crippen molar-refractivity contribution in [3.63, 3.8) is 0 Å². The van der Waals surface area contributed by atoms with Crippen LogP contribution in [0.25, 0.3) is 0 Å². The summed E-state index contributed by atoms with van der Waals surface area (Å²) in [7, 11) is 1.88. The number of rotatable bonds is 3. The minimum atomic E-state index is -0.0656. The number of nitrogens with zero attached hydrogens (tertiary/aromatic N) is 2. The molecule has 0 saturated carbocycles. The Morgan fingerprint density at radius 1 is 1.35 bits per heavy atom. The minimum Gasteiger partial charge on any atom is -0.326 e. The first-order valence-electron chi connectivity index (χ1n) is 6.43. The van der Waals surface area contributed by atoms with Crippen molar-refractivity contribution in [1.29, 1.82) is 0 Å². The van der Waals surface area contributed by atoms with Crippen molar-refractivity contribution < 1.29 is 4.79 Å². The van der Waals surface area contributed by atoms with Gasteiger partial charge in [-0.2, -0.15) is 5.10 Å². The Hall–Kier alpha value is -1.81. The van der Waals surface area contributed by atoms with Crippen LogP contribution in [0.1, 0.15) is 22.5 Å². The number of aromatic nitrogens is 2. The molecule has 0 spiro atoms. The van der Waals surface area contributed by atoms with Gasteiger partial charge in [-0.1, -0.05) is 17.7 Å². The second-order valence-electron chi connectivity index (χ2n) is 4.96. The molecule has 0 fully saturated rings. The average Bonchev–Trinajstić information content (AvgIpc) is 2.61. The lowest BCUT2D eigenvalue weighted by molar-refractivity contribution is -0.115. The molecular formula is C15H18ClN3O. The number of anilines is 1. The molecule has 0 aliphatic heterocycles. The van der Waals surface area contributed by atoms with Gasteiger partial charge in [0.25, 0.3) is 0 Å². The smallest absolute Gasteiger partial charge is 0.228 e. The zero-order valence-corrected chi connectivity index (χ0v) is 12.9. The van der Waals surface area contributed by atoms with Crippen LogP contribution < -0.4 is 5.32 Å². The van der Waals surface area contributed by atoms with Gasteiger partial charge in [0.2, 0.25) is 5.91 Å². The maximum atomic E-state index is 12.1. The fourth-order valence-electron chi connectivity index (χ4n) is 2.11. The normalized spacial score (nSPS) is 10.7. The van der Waals surface area contributed by atoms with Crippen molar-refractivity contribution in [3.05, 3.63) is 45.7 Å². The number of carbonyl (C=O) groups is 1. The second-order valence-corrected chi connectivity index (χ2v) is 5.37. The maximum absolute atomic E-state index is 12.1. The topological polar surface area (TPSA) is 46.9 Å². The largest absolute Gasteiger partial charge is 0.326 e. The fourth-order valence-corrected chi connectivity index (χ4v) is 2.29. The molecule has 0 bridgehead atoms. The summed E-state index contributed by atoms with van der Waals surface area (Å²) in [4.78, 5) is 12.1. The first kappa shape index (κ1) is 14.6. The van der Waals surface area contributed by atoms with Gasteiger partial charge in [-0.05, 0) is 38.5 Å². The molecule has 0 unspecified atom stereocenters. The third kappa shape index (κ3) is 3.02. The molecule has 0 aliphatic rings. The van der Waals surface area contributed by atoms with E-state index in [9.17, 15) is 4.79 Å². The van der Waals surface area contributed by atoms with E-state index in [-0.39, 0.29) is 5.91 Å². The van der Waals surface area contributed by atoms with E-state index in [1.807, 2.05) is 40.0 Å². The zero-order chi connectivity index (χ0) is 14.9. The summed E-state index contributed by atoms with van der Waals surface area (Å²) in [6.07, 6.45) is 0.316. The van der Waals surface area contributed by atoms with Gasteiger partial charge in [-0.15, -0.1) is 0 Å². The van der Waals surface area contributed by atoms with Crippen LogP contribution >= 0.6 is 11.6 Å². The maximum Gasteiger partial charge on any atom is 0.228 e. The molecule has 106 valence electrons. The summed E-state index contributed by atoms with van der Waals surface area (Å²) in [5.41, 5.74) is 4.58. The van der Waals surface area contributed by atoms with E-state index in [0.717, 1.165) is 22.5 Å². The summed E-state index contributed by atoms with van der Waals surface area (Å²) in [5.74, 6) is -0.0656. The van der Waals surface area contributed by atoms with E-state index in [1.165, 1.54) is 0 Å². The Kier molecular flexibility index (Phi) is 4.14. The van der Waals surface area contributed by atoms with Crippen LogP contribution in [0.3, 0.4) is 0 Å². The summed E-state index contributed by atoms with van der Waals surface area (Å²) in [6, 6.07) is 5.50. The predicted molar refractivity (Wildman–Crippen MR) is 81.2 cm³/mol. The summed E-state index contributed by atoms with van der Waals surface area (Å²) >= 11 is 6.05. The second kappa shape index (κ2) is 5.67. The van der Waals surface area contributed by atoms with Gasteiger partial charge >= 0.3 is 0 Å². The predicted octanol–water partition coefficient (Wildman–Crippen LogP) is 3.18. The quantitative estimate of drug-likeness (QED) is 0.944. The van der Waals surface area contributed by atoms with E-state index in [4.69, 9.17) is 11.6 Å². The van der Waals surface area contributed by atoms with E-state index in [0.29, 0.717) is 17.1 Å². The van der Waals surface area contributed by atoms with Crippen LogP contribution in [-0.4, -0.2) is 15.7 Å². The molecular weight excluding hydrogens is 274 g/mol. The van der Waals surface area contributed by atoms with Crippen LogP contribution in [0.15, 0.2) is 18.2 Å². The van der Waals surface area contributed by atoms with E-state index >= 15 is 0 Å². The molecule has 0 saturated heterocycles. The van der Waals surface area contributed by atoms with Gasteiger partial charge in [0.05, 0.1) is 12.1 Å². The Labute approximate surface area is 123 Å². The van der Waals surface area contributed by atoms with Crippen LogP contribution in [0.4, 0.5) is 5.69 Å². The third-order valence-electron chi connectivity index (χ3n) is 3.45. The molecule has 2 rings (SSSR count). The Morgan fingerprint density at radius 3 is 2.60 bits per heavy atom. The first-order chi connectivity index (χ1) is 9.38. The van der Waals surface area contributed by atoms with Crippen molar-refractivity contribution in [2.24, 2.45) is 7.05 Å². The van der Waals surface area contributed by atoms with Crippen LogP contribution in [0, 0.1) is 20.8 Å². The molecule has 1 heterocycles. The number of hydrogen-bond acceptors (Lipinski definition) is 2. The highest BCUT2D eigenvalue weighted by Gasteiger charge is 2.13. The zero-order valence-electron chi connectivity index (χ0n) is 12.1. The summed E-state index contributed by atoms with van der Waals surface area (Å²) < 4.78 is 1.79. The van der Waals surface area contributed by atoms with Gasteiger partial charge in [0, 0.05) is 29.0 Å². The molecule has 0 atom stereocenters. The summed E-state index contributed by atoms with van der Waals surface area (Å²) in [6.45, 7) is 5.81. The molecule has 1 N–H and O–H groups in total. The van der Waals surface area contributed by atoms with Crippen molar-refractivity contribution in [1.82, 2.24) is 9.78 Å². The monoisotopic (exact) mass is 291 g/mol. The number of halogens is 1. The molecule has 1 amide bonds. The van der Waals surface area contributed by atoms with Gasteiger partial charge in [-0.25, -0.2) is 0 Å². The highest BCUT2D eigenvalue weighted by atomic mass is 35.5. The number of benzene rings is 1. The van der Waals surface area contributed by atoms with Gasteiger partial charge < -0.3 is 5.32 Å². The molecule has 1 aromatic heterocycles. The Balaban J connectivity index is 2.11.